The summed E-state index contributed by atoms with van der Waals surface area (Å²) in [6.45, 7) is 3.92. The third-order valence-corrected chi connectivity index (χ3v) is 3.14. The van der Waals surface area contributed by atoms with Crippen LogP contribution in [0.25, 0.3) is 0 Å². The number of benzene rings is 2. The van der Waals surface area contributed by atoms with Crippen molar-refractivity contribution in [3.05, 3.63) is 64.4 Å². The number of nitrogens with two attached hydrogens (primary N) is 1. The lowest BCUT2D eigenvalue weighted by molar-refractivity contribution is 0.242. The van der Waals surface area contributed by atoms with E-state index in [-0.39, 0.29) is 11.9 Å². The summed E-state index contributed by atoms with van der Waals surface area (Å²) in [7, 11) is 0. The number of hydrogen-bond acceptors (Lipinski definition) is 2. The van der Waals surface area contributed by atoms with Crippen molar-refractivity contribution < 1.29 is 9.13 Å². The van der Waals surface area contributed by atoms with Crippen LogP contribution >= 0.6 is 11.6 Å². The monoisotopic (exact) mass is 293 g/mol. The van der Waals surface area contributed by atoms with E-state index in [9.17, 15) is 4.39 Å². The zero-order valence-electron chi connectivity index (χ0n) is 11.4. The Morgan fingerprint density at radius 2 is 1.75 bits per heavy atom. The fourth-order valence-corrected chi connectivity index (χ4v) is 2.14. The molecular weight excluding hydrogens is 277 g/mol. The molecular formula is C16H17ClFNO. The Bertz CT molecular complexity index is 584. The van der Waals surface area contributed by atoms with Gasteiger partial charge in [0.15, 0.2) is 0 Å². The van der Waals surface area contributed by atoms with Gasteiger partial charge in [0.05, 0.1) is 12.1 Å². The first-order valence-electron chi connectivity index (χ1n) is 6.44. The SMILES string of the molecule is CC(C)Oc1ccc(C(N)c2cc(Cl)ccc2F)cc1. The van der Waals surface area contributed by atoms with Gasteiger partial charge in [0.1, 0.15) is 11.6 Å². The molecule has 1 unspecified atom stereocenters. The Hall–Kier alpha value is -1.58. The first-order chi connectivity index (χ1) is 9.47. The maximum atomic E-state index is 13.8. The third-order valence-electron chi connectivity index (χ3n) is 2.90. The minimum atomic E-state index is -0.554. The van der Waals surface area contributed by atoms with Crippen molar-refractivity contribution in [1.29, 1.82) is 0 Å². The van der Waals surface area contributed by atoms with Crippen LogP contribution in [-0.2, 0) is 0 Å². The first kappa shape index (κ1) is 14.8. The fraction of sp³-hybridized carbons (Fsp3) is 0.250. The number of rotatable bonds is 4. The second kappa shape index (κ2) is 6.25. The van der Waals surface area contributed by atoms with Gasteiger partial charge in [-0.25, -0.2) is 4.39 Å². The summed E-state index contributed by atoms with van der Waals surface area (Å²) < 4.78 is 19.4. The molecule has 0 aliphatic heterocycles. The molecule has 0 aliphatic rings. The van der Waals surface area contributed by atoms with E-state index in [0.717, 1.165) is 11.3 Å². The lowest BCUT2D eigenvalue weighted by Crippen LogP contribution is -2.13. The summed E-state index contributed by atoms with van der Waals surface area (Å²) in [6.07, 6.45) is 0.111. The van der Waals surface area contributed by atoms with E-state index in [2.05, 4.69) is 0 Å². The fourth-order valence-electron chi connectivity index (χ4n) is 1.96. The summed E-state index contributed by atoms with van der Waals surface area (Å²) in [5.74, 6) is 0.409. The predicted molar refractivity (Wildman–Crippen MR) is 79.6 cm³/mol. The summed E-state index contributed by atoms with van der Waals surface area (Å²) >= 11 is 5.89. The van der Waals surface area contributed by atoms with Gasteiger partial charge in [0, 0.05) is 10.6 Å². The maximum Gasteiger partial charge on any atom is 0.128 e. The molecule has 2 aromatic carbocycles. The topological polar surface area (TPSA) is 35.2 Å². The Labute approximate surface area is 123 Å². The van der Waals surface area contributed by atoms with Gasteiger partial charge in [-0.1, -0.05) is 23.7 Å². The minimum Gasteiger partial charge on any atom is -0.491 e. The lowest BCUT2D eigenvalue weighted by Gasteiger charge is -2.15. The number of ether oxygens (including phenoxy) is 1. The molecule has 0 radical (unpaired) electrons. The quantitative estimate of drug-likeness (QED) is 0.911. The molecule has 1 atom stereocenters. The second-order valence-corrected chi connectivity index (χ2v) is 5.32. The Kier molecular flexibility index (Phi) is 4.63. The second-order valence-electron chi connectivity index (χ2n) is 4.88. The summed E-state index contributed by atoms with van der Waals surface area (Å²) in [5, 5.41) is 0.469. The van der Waals surface area contributed by atoms with Gasteiger partial charge in [-0.05, 0) is 49.7 Å². The van der Waals surface area contributed by atoms with E-state index < -0.39 is 6.04 Å². The molecule has 2 aromatic rings. The van der Waals surface area contributed by atoms with Crippen LogP contribution in [0.5, 0.6) is 5.75 Å². The van der Waals surface area contributed by atoms with E-state index in [1.165, 1.54) is 12.1 Å². The van der Waals surface area contributed by atoms with Gasteiger partial charge in [-0.15, -0.1) is 0 Å². The summed E-state index contributed by atoms with van der Waals surface area (Å²) in [5.41, 5.74) is 7.29. The van der Waals surface area contributed by atoms with E-state index in [1.807, 2.05) is 38.1 Å². The van der Waals surface area contributed by atoms with Crippen molar-refractivity contribution in [3.63, 3.8) is 0 Å². The number of halogens is 2. The molecule has 0 saturated heterocycles. The van der Waals surface area contributed by atoms with Crippen LogP contribution in [0.1, 0.15) is 31.0 Å². The molecule has 2 nitrogen and oxygen atoms in total. The molecule has 20 heavy (non-hydrogen) atoms. The zero-order chi connectivity index (χ0) is 14.7. The lowest BCUT2D eigenvalue weighted by atomic mass is 9.99. The molecule has 0 fully saturated rings. The normalized spacial score (nSPS) is 12.5. The molecule has 0 amide bonds. The zero-order valence-corrected chi connectivity index (χ0v) is 12.2. The Morgan fingerprint density at radius 1 is 1.10 bits per heavy atom. The molecule has 0 aliphatic carbocycles. The molecule has 0 aromatic heterocycles. The van der Waals surface area contributed by atoms with Crippen molar-refractivity contribution in [2.75, 3.05) is 0 Å². The van der Waals surface area contributed by atoms with Crippen LogP contribution in [0.4, 0.5) is 4.39 Å². The third kappa shape index (κ3) is 3.50. The summed E-state index contributed by atoms with van der Waals surface area (Å²) in [4.78, 5) is 0. The maximum absolute atomic E-state index is 13.8. The van der Waals surface area contributed by atoms with E-state index >= 15 is 0 Å². The highest BCUT2D eigenvalue weighted by molar-refractivity contribution is 6.30. The molecule has 0 spiro atoms. The van der Waals surface area contributed by atoms with Gasteiger partial charge >= 0.3 is 0 Å². The van der Waals surface area contributed by atoms with E-state index in [4.69, 9.17) is 22.1 Å². The molecule has 4 heteroatoms. The van der Waals surface area contributed by atoms with Crippen molar-refractivity contribution in [1.82, 2.24) is 0 Å². The average molecular weight is 294 g/mol. The Balaban J connectivity index is 2.24. The largest absolute Gasteiger partial charge is 0.491 e. The van der Waals surface area contributed by atoms with Gasteiger partial charge in [-0.2, -0.15) is 0 Å². The molecule has 2 rings (SSSR count). The predicted octanol–water partition coefficient (Wildman–Crippen LogP) is 4.31. The van der Waals surface area contributed by atoms with Crippen LogP contribution in [0.3, 0.4) is 0 Å². The highest BCUT2D eigenvalue weighted by atomic mass is 35.5. The van der Waals surface area contributed by atoms with Crippen LogP contribution < -0.4 is 10.5 Å². The highest BCUT2D eigenvalue weighted by Gasteiger charge is 2.14. The van der Waals surface area contributed by atoms with E-state index in [1.54, 1.807) is 6.07 Å². The van der Waals surface area contributed by atoms with Crippen LogP contribution in [0.2, 0.25) is 5.02 Å². The van der Waals surface area contributed by atoms with Crippen LogP contribution in [-0.4, -0.2) is 6.10 Å². The van der Waals surface area contributed by atoms with Gasteiger partial charge in [-0.3, -0.25) is 0 Å². The van der Waals surface area contributed by atoms with Gasteiger partial charge in [0.25, 0.3) is 0 Å². The average Bonchev–Trinajstić information content (AvgIpc) is 2.41. The summed E-state index contributed by atoms with van der Waals surface area (Å²) in [6, 6.07) is 11.2. The van der Waals surface area contributed by atoms with Crippen molar-refractivity contribution >= 4 is 11.6 Å². The molecule has 106 valence electrons. The van der Waals surface area contributed by atoms with Gasteiger partial charge in [0.2, 0.25) is 0 Å². The number of hydrogen-bond donors (Lipinski definition) is 1. The van der Waals surface area contributed by atoms with Crippen molar-refractivity contribution in [2.45, 2.75) is 26.0 Å². The standard InChI is InChI=1S/C16H17ClFNO/c1-10(2)20-13-6-3-11(4-7-13)16(19)14-9-12(17)5-8-15(14)18/h3-10,16H,19H2,1-2H3. The van der Waals surface area contributed by atoms with Crippen LogP contribution in [0.15, 0.2) is 42.5 Å². The molecule has 0 heterocycles. The molecule has 2 N–H and O–H groups in total. The Morgan fingerprint density at radius 3 is 2.35 bits per heavy atom. The smallest absolute Gasteiger partial charge is 0.128 e. The minimum absolute atomic E-state index is 0.111. The highest BCUT2D eigenvalue weighted by Crippen LogP contribution is 2.26. The van der Waals surface area contributed by atoms with Crippen molar-refractivity contribution in [2.24, 2.45) is 5.73 Å². The molecule has 0 saturated carbocycles. The van der Waals surface area contributed by atoms with Crippen LogP contribution in [0, 0.1) is 5.82 Å². The van der Waals surface area contributed by atoms with E-state index in [0.29, 0.717) is 10.6 Å². The molecule has 0 bridgehead atoms. The van der Waals surface area contributed by atoms with Crippen molar-refractivity contribution in [3.8, 4) is 5.75 Å². The first-order valence-corrected chi connectivity index (χ1v) is 6.82. The van der Waals surface area contributed by atoms with Gasteiger partial charge < -0.3 is 10.5 Å².